The molecule has 9 heteroatoms. The Bertz CT molecular complexity index is 979. The molecule has 0 aliphatic heterocycles. The van der Waals surface area contributed by atoms with Crippen LogP contribution in [0.3, 0.4) is 0 Å². The van der Waals surface area contributed by atoms with E-state index in [0.29, 0.717) is 5.52 Å². The lowest BCUT2D eigenvalue weighted by atomic mass is 10.3. The number of nitrogens with zero attached hydrogens (tertiary/aromatic N) is 1. The number of nitrogens with one attached hydrogen (secondary N) is 2. The van der Waals surface area contributed by atoms with Gasteiger partial charge in [-0.25, -0.2) is 13.4 Å². The summed E-state index contributed by atoms with van der Waals surface area (Å²) in [5.74, 6) is 0. The van der Waals surface area contributed by atoms with Gasteiger partial charge < -0.3 is 4.98 Å². The van der Waals surface area contributed by atoms with E-state index in [4.69, 9.17) is 11.6 Å². The highest BCUT2D eigenvalue weighted by molar-refractivity contribution is 7.92. The van der Waals surface area contributed by atoms with E-state index in [9.17, 15) is 13.2 Å². The van der Waals surface area contributed by atoms with Gasteiger partial charge in [-0.1, -0.05) is 11.6 Å². The molecule has 0 bridgehead atoms. The van der Waals surface area contributed by atoms with E-state index < -0.39 is 15.5 Å². The monoisotopic (exact) mass is 341 g/mol. The number of thiazole rings is 1. The van der Waals surface area contributed by atoms with Crippen LogP contribution in [0.25, 0.3) is 10.2 Å². The van der Waals surface area contributed by atoms with Crippen molar-refractivity contribution >= 4 is 48.9 Å². The predicted molar refractivity (Wildman–Crippen MR) is 82.5 cm³/mol. The van der Waals surface area contributed by atoms with Crippen molar-refractivity contribution < 1.29 is 8.42 Å². The molecule has 0 amide bonds. The highest BCUT2D eigenvalue weighted by Crippen LogP contribution is 2.33. The molecule has 0 saturated carbocycles. The fraction of sp³-hybridized carbons (Fsp3) is 0. The van der Waals surface area contributed by atoms with Gasteiger partial charge in [-0.15, -0.1) is 11.3 Å². The van der Waals surface area contributed by atoms with Crippen molar-refractivity contribution in [3.63, 3.8) is 0 Å². The molecule has 0 fully saturated rings. The van der Waals surface area contributed by atoms with Gasteiger partial charge in [0.15, 0.2) is 4.90 Å². The average Bonchev–Trinajstić information content (AvgIpc) is 2.91. The van der Waals surface area contributed by atoms with Crippen LogP contribution in [-0.4, -0.2) is 18.4 Å². The summed E-state index contributed by atoms with van der Waals surface area (Å²) in [4.78, 5) is 18.0. The normalized spacial score (nSPS) is 11.7. The number of pyridine rings is 1. The van der Waals surface area contributed by atoms with Crippen LogP contribution in [0.1, 0.15) is 0 Å². The minimum atomic E-state index is -4.05. The Morgan fingerprint density at radius 1 is 1.29 bits per heavy atom. The minimum Gasteiger partial charge on any atom is -0.366 e. The molecule has 0 saturated heterocycles. The second-order valence-electron chi connectivity index (χ2n) is 4.10. The number of rotatable bonds is 3. The zero-order valence-corrected chi connectivity index (χ0v) is 12.7. The number of aromatic amines is 1. The fourth-order valence-electron chi connectivity index (χ4n) is 1.80. The Balaban J connectivity index is 2.14. The summed E-state index contributed by atoms with van der Waals surface area (Å²) in [6, 6.07) is 4.47. The topological polar surface area (TPSA) is 91.9 Å². The van der Waals surface area contributed by atoms with Crippen molar-refractivity contribution in [3.05, 3.63) is 51.3 Å². The lowest BCUT2D eigenvalue weighted by molar-refractivity contribution is 0.600. The lowest BCUT2D eigenvalue weighted by Gasteiger charge is -2.09. The fourth-order valence-corrected chi connectivity index (χ4v) is 3.89. The Morgan fingerprint density at radius 2 is 2.10 bits per heavy atom. The Morgan fingerprint density at radius 3 is 2.86 bits per heavy atom. The molecule has 2 heterocycles. The number of halogens is 1. The zero-order chi connectivity index (χ0) is 15.0. The number of aromatic nitrogens is 2. The van der Waals surface area contributed by atoms with Gasteiger partial charge in [-0.2, -0.15) is 0 Å². The van der Waals surface area contributed by atoms with Crippen molar-refractivity contribution in [3.8, 4) is 0 Å². The van der Waals surface area contributed by atoms with Crippen molar-refractivity contribution in [2.24, 2.45) is 0 Å². The van der Waals surface area contributed by atoms with E-state index in [0.717, 1.165) is 17.0 Å². The quantitative estimate of drug-likeness (QED) is 0.765. The first kappa shape index (κ1) is 14.1. The molecule has 0 aliphatic rings. The Kier molecular flexibility index (Phi) is 3.44. The smallest absolute Gasteiger partial charge is 0.267 e. The minimum absolute atomic E-state index is 0.165. The van der Waals surface area contributed by atoms with Crippen LogP contribution in [0.15, 0.2) is 45.8 Å². The second kappa shape index (κ2) is 5.14. The van der Waals surface area contributed by atoms with Gasteiger partial charge >= 0.3 is 0 Å². The maximum Gasteiger partial charge on any atom is 0.267 e. The highest BCUT2D eigenvalue weighted by atomic mass is 35.5. The third-order valence-corrected chi connectivity index (χ3v) is 5.25. The number of fused-ring (bicyclic) bond motifs is 1. The summed E-state index contributed by atoms with van der Waals surface area (Å²) in [5.41, 5.74) is 1.60. The van der Waals surface area contributed by atoms with Gasteiger partial charge in [0.2, 0.25) is 5.43 Å². The molecule has 21 heavy (non-hydrogen) atoms. The van der Waals surface area contributed by atoms with E-state index in [1.807, 2.05) is 0 Å². The van der Waals surface area contributed by atoms with E-state index in [1.165, 1.54) is 17.5 Å². The van der Waals surface area contributed by atoms with Gasteiger partial charge in [0.05, 0.1) is 20.9 Å². The second-order valence-corrected chi connectivity index (χ2v) is 7.04. The van der Waals surface area contributed by atoms with Crippen LogP contribution < -0.4 is 10.2 Å². The predicted octanol–water partition coefficient (Wildman–Crippen LogP) is 2.44. The Hall–Kier alpha value is -1.90. The maximum atomic E-state index is 12.3. The first-order chi connectivity index (χ1) is 9.99. The lowest BCUT2D eigenvalue weighted by Crippen LogP contribution is -2.21. The highest BCUT2D eigenvalue weighted by Gasteiger charge is 2.21. The van der Waals surface area contributed by atoms with Crippen molar-refractivity contribution in [1.82, 2.24) is 9.97 Å². The van der Waals surface area contributed by atoms with Crippen LogP contribution >= 0.6 is 22.9 Å². The number of hydrogen-bond acceptors (Lipinski definition) is 5. The molecule has 0 unspecified atom stereocenters. The molecule has 0 spiro atoms. The van der Waals surface area contributed by atoms with Crippen molar-refractivity contribution in [2.45, 2.75) is 4.90 Å². The number of benzene rings is 1. The zero-order valence-electron chi connectivity index (χ0n) is 10.3. The third kappa shape index (κ3) is 2.53. The van der Waals surface area contributed by atoms with E-state index in [2.05, 4.69) is 14.7 Å². The van der Waals surface area contributed by atoms with Crippen LogP contribution in [-0.2, 0) is 10.0 Å². The average molecular weight is 342 g/mol. The molecule has 0 atom stereocenters. The summed E-state index contributed by atoms with van der Waals surface area (Å²) in [6.45, 7) is 0. The number of sulfonamides is 1. The number of anilines is 1. The van der Waals surface area contributed by atoms with Crippen LogP contribution in [0.4, 0.5) is 5.69 Å². The largest absolute Gasteiger partial charge is 0.366 e. The summed E-state index contributed by atoms with van der Waals surface area (Å²) in [5, 5.41) is 0.212. The standard InChI is InChI=1S/C12H8ClN3O3S2/c13-7-1-2-9-12(15-6-20-9)11(7)16-21(18,19)10-5-14-4-3-8(10)17/h1-6,16H,(H,14,17). The summed E-state index contributed by atoms with van der Waals surface area (Å²) >= 11 is 7.41. The van der Waals surface area contributed by atoms with Gasteiger partial charge in [0.1, 0.15) is 5.52 Å². The van der Waals surface area contributed by atoms with E-state index in [1.54, 1.807) is 17.6 Å². The van der Waals surface area contributed by atoms with E-state index in [-0.39, 0.29) is 15.6 Å². The van der Waals surface area contributed by atoms with E-state index >= 15 is 0 Å². The van der Waals surface area contributed by atoms with Crippen molar-refractivity contribution in [2.75, 3.05) is 4.72 Å². The van der Waals surface area contributed by atoms with Crippen LogP contribution in [0, 0.1) is 0 Å². The Labute approximate surface area is 128 Å². The molecule has 108 valence electrons. The molecule has 0 aliphatic carbocycles. The molecule has 0 radical (unpaired) electrons. The van der Waals surface area contributed by atoms with Gasteiger partial charge in [-0.3, -0.25) is 9.52 Å². The maximum absolute atomic E-state index is 12.3. The van der Waals surface area contributed by atoms with Crippen LogP contribution in [0.5, 0.6) is 0 Å². The molecular weight excluding hydrogens is 334 g/mol. The SMILES string of the molecule is O=c1cc[nH]cc1S(=O)(=O)Nc1c(Cl)ccc2scnc12. The van der Waals surface area contributed by atoms with Crippen molar-refractivity contribution in [1.29, 1.82) is 0 Å². The number of hydrogen-bond donors (Lipinski definition) is 2. The third-order valence-electron chi connectivity index (χ3n) is 2.77. The molecule has 2 aromatic heterocycles. The van der Waals surface area contributed by atoms with Crippen LogP contribution in [0.2, 0.25) is 5.02 Å². The molecule has 2 N–H and O–H groups in total. The van der Waals surface area contributed by atoms with Gasteiger partial charge in [0.25, 0.3) is 10.0 Å². The summed E-state index contributed by atoms with van der Waals surface area (Å²) in [7, 11) is -4.05. The van der Waals surface area contributed by atoms with Gasteiger partial charge in [-0.05, 0) is 12.1 Å². The molecular formula is C12H8ClN3O3S2. The summed E-state index contributed by atoms with van der Waals surface area (Å²) < 4.78 is 27.8. The van der Waals surface area contributed by atoms with Gasteiger partial charge in [0, 0.05) is 18.5 Å². The molecule has 3 aromatic rings. The molecule has 3 rings (SSSR count). The molecule has 6 nitrogen and oxygen atoms in total. The summed E-state index contributed by atoms with van der Waals surface area (Å²) in [6.07, 6.45) is 2.48. The molecule has 1 aromatic carbocycles. The first-order valence-corrected chi connectivity index (χ1v) is 8.45. The first-order valence-electron chi connectivity index (χ1n) is 5.71. The number of H-pyrrole nitrogens is 1.